The first-order chi connectivity index (χ1) is 12.6. The molecule has 2 aromatic heterocycles. The molecule has 1 unspecified atom stereocenters. The Morgan fingerprint density at radius 2 is 2.31 bits per heavy atom. The molecule has 0 aliphatic carbocycles. The fourth-order valence-corrected chi connectivity index (χ4v) is 3.00. The summed E-state index contributed by atoms with van der Waals surface area (Å²) in [5.74, 6) is 0.745. The molecule has 1 aliphatic heterocycles. The van der Waals surface area contributed by atoms with Crippen LogP contribution in [-0.4, -0.2) is 67.1 Å². The van der Waals surface area contributed by atoms with Gasteiger partial charge < -0.3 is 20.3 Å². The van der Waals surface area contributed by atoms with Crippen molar-refractivity contribution in [1.29, 1.82) is 0 Å². The van der Waals surface area contributed by atoms with Gasteiger partial charge in [-0.1, -0.05) is 5.11 Å². The number of rotatable bonds is 7. The van der Waals surface area contributed by atoms with Gasteiger partial charge in [0.05, 0.1) is 31.7 Å². The summed E-state index contributed by atoms with van der Waals surface area (Å²) in [7, 11) is 0. The van der Waals surface area contributed by atoms with Crippen molar-refractivity contribution in [3.63, 3.8) is 0 Å². The topological polar surface area (TPSA) is 157 Å². The second kappa shape index (κ2) is 8.29. The Morgan fingerprint density at radius 3 is 3.00 bits per heavy atom. The summed E-state index contributed by atoms with van der Waals surface area (Å²) in [4.78, 5) is 15.2. The maximum absolute atomic E-state index is 9.62. The van der Waals surface area contributed by atoms with Crippen molar-refractivity contribution in [2.24, 2.45) is 5.11 Å². The molecule has 0 aromatic carbocycles. The van der Waals surface area contributed by atoms with E-state index in [0.29, 0.717) is 16.9 Å². The second-order valence-corrected chi connectivity index (χ2v) is 6.76. The van der Waals surface area contributed by atoms with Gasteiger partial charge in [-0.3, -0.25) is 4.57 Å². The van der Waals surface area contributed by atoms with Crippen LogP contribution in [0.25, 0.3) is 21.6 Å². The third-order valence-electron chi connectivity index (χ3n) is 4.03. The first-order valence-corrected chi connectivity index (χ1v) is 8.89. The first-order valence-electron chi connectivity index (χ1n) is 7.74. The van der Waals surface area contributed by atoms with E-state index < -0.39 is 24.5 Å². The first kappa shape index (κ1) is 19.0. The van der Waals surface area contributed by atoms with Crippen LogP contribution in [0.1, 0.15) is 6.23 Å². The van der Waals surface area contributed by atoms with Crippen LogP contribution >= 0.6 is 25.3 Å². The highest BCUT2D eigenvalue weighted by atomic mass is 32.1. The van der Waals surface area contributed by atoms with Gasteiger partial charge in [0.2, 0.25) is 0 Å². The highest BCUT2D eigenvalue weighted by molar-refractivity contribution is 7.84. The van der Waals surface area contributed by atoms with Crippen molar-refractivity contribution in [3.8, 4) is 0 Å². The molecule has 1 aliphatic rings. The molecule has 0 radical (unpaired) electrons. The average molecular weight is 398 g/mol. The summed E-state index contributed by atoms with van der Waals surface area (Å²) < 4.78 is 13.4. The number of thiol groups is 2. The van der Waals surface area contributed by atoms with E-state index in [2.05, 4.69) is 50.2 Å². The number of aromatic nitrogens is 4. The fourth-order valence-electron chi connectivity index (χ4n) is 2.80. The lowest BCUT2D eigenvalue weighted by Gasteiger charge is -2.23. The molecule has 1 fully saturated rings. The quantitative estimate of drug-likeness (QED) is 0.230. The van der Waals surface area contributed by atoms with Crippen LogP contribution in [0.3, 0.4) is 0 Å². The van der Waals surface area contributed by atoms with Crippen molar-refractivity contribution in [2.75, 3.05) is 24.7 Å². The minimum Gasteiger partial charge on any atom is -0.394 e. The maximum atomic E-state index is 9.62. The highest BCUT2D eigenvalue weighted by Gasteiger charge is 2.46. The molecule has 3 heterocycles. The number of azide groups is 1. The molecule has 11 nitrogen and oxygen atoms in total. The highest BCUT2D eigenvalue weighted by Crippen LogP contribution is 2.35. The second-order valence-electron chi connectivity index (χ2n) is 5.66. The molecule has 3 N–H and O–H groups in total. The SMILES string of the molecule is [N-]=[N+]=N[C@H]1[C@@H](OCC(S)CS)[C@H](n2cnc3c(N)ncnc32)O[C@@H]1CO. The standard InChI is InChI=1S/C13H18N8O3S2/c14-11-9-12(17-4-16-11)21(5-18-9)13-10(23-2-6(26)3-25)8(19-20-15)7(1-22)24-13/h4-8,10,13,22,25-26H,1-3H2,(H2,14,16,17)/t6?,7-,8-,10-,13-/m1/s1. The van der Waals surface area contributed by atoms with Crippen LogP contribution < -0.4 is 5.73 Å². The van der Waals surface area contributed by atoms with Gasteiger partial charge in [0.25, 0.3) is 0 Å². The van der Waals surface area contributed by atoms with Gasteiger partial charge in [0.15, 0.2) is 17.7 Å². The van der Waals surface area contributed by atoms with Gasteiger partial charge in [-0.15, -0.1) is 0 Å². The Morgan fingerprint density at radius 1 is 1.50 bits per heavy atom. The van der Waals surface area contributed by atoms with E-state index in [0.717, 1.165) is 0 Å². The number of imidazole rings is 1. The zero-order chi connectivity index (χ0) is 18.7. The molecule has 26 heavy (non-hydrogen) atoms. The fraction of sp³-hybridized carbons (Fsp3) is 0.615. The monoisotopic (exact) mass is 398 g/mol. The van der Waals surface area contributed by atoms with E-state index in [1.165, 1.54) is 12.7 Å². The Bertz CT molecular complexity index is 814. The van der Waals surface area contributed by atoms with E-state index in [4.69, 9.17) is 20.7 Å². The van der Waals surface area contributed by atoms with Gasteiger partial charge in [-0.05, 0) is 5.53 Å². The number of nitrogens with two attached hydrogens (primary N) is 1. The van der Waals surface area contributed by atoms with Crippen LogP contribution in [0.5, 0.6) is 0 Å². The Balaban J connectivity index is 1.98. The van der Waals surface area contributed by atoms with Crippen molar-refractivity contribution >= 4 is 42.2 Å². The zero-order valence-electron chi connectivity index (χ0n) is 13.5. The summed E-state index contributed by atoms with van der Waals surface area (Å²) in [6.07, 6.45) is 0.695. The number of ether oxygens (including phenoxy) is 2. The Labute approximate surface area is 159 Å². The molecule has 2 aromatic rings. The summed E-state index contributed by atoms with van der Waals surface area (Å²) in [5.41, 5.74) is 15.6. The van der Waals surface area contributed by atoms with Crippen LogP contribution in [-0.2, 0) is 9.47 Å². The number of aliphatic hydroxyl groups excluding tert-OH is 1. The molecule has 0 bridgehead atoms. The predicted molar refractivity (Wildman–Crippen MR) is 100 cm³/mol. The van der Waals surface area contributed by atoms with Crippen molar-refractivity contribution in [1.82, 2.24) is 19.5 Å². The van der Waals surface area contributed by atoms with E-state index in [-0.39, 0.29) is 24.3 Å². The summed E-state index contributed by atoms with van der Waals surface area (Å²) in [6.45, 7) is -0.0723. The number of nitrogen functional groups attached to an aromatic ring is 1. The lowest BCUT2D eigenvalue weighted by molar-refractivity contribution is -0.0680. The number of fused-ring (bicyclic) bond motifs is 1. The molecule has 0 amide bonds. The Hall–Kier alpha value is -1.76. The maximum Gasteiger partial charge on any atom is 0.167 e. The van der Waals surface area contributed by atoms with Gasteiger partial charge in [0.1, 0.15) is 17.9 Å². The molecule has 0 saturated carbocycles. The van der Waals surface area contributed by atoms with E-state index in [1.54, 1.807) is 4.57 Å². The summed E-state index contributed by atoms with van der Waals surface area (Å²) >= 11 is 8.53. The predicted octanol–water partition coefficient (Wildman–Crippen LogP) is 0.591. The normalized spacial score (nSPS) is 26.7. The zero-order valence-corrected chi connectivity index (χ0v) is 15.3. The van der Waals surface area contributed by atoms with Crippen molar-refractivity contribution < 1.29 is 14.6 Å². The third-order valence-corrected chi connectivity index (χ3v) is 5.09. The largest absolute Gasteiger partial charge is 0.394 e. The lowest BCUT2D eigenvalue weighted by Crippen LogP contribution is -2.35. The van der Waals surface area contributed by atoms with Crippen molar-refractivity contribution in [2.45, 2.75) is 29.7 Å². The molecule has 140 valence electrons. The third kappa shape index (κ3) is 3.54. The molecular weight excluding hydrogens is 380 g/mol. The van der Waals surface area contributed by atoms with Crippen molar-refractivity contribution in [3.05, 3.63) is 23.1 Å². The van der Waals surface area contributed by atoms with E-state index in [1.807, 2.05) is 0 Å². The molecule has 5 atom stereocenters. The van der Waals surface area contributed by atoms with Gasteiger partial charge in [-0.2, -0.15) is 25.3 Å². The molecular formula is C13H18N8O3S2. The summed E-state index contributed by atoms with van der Waals surface area (Å²) in [6, 6.07) is -0.730. The molecule has 0 spiro atoms. The molecule has 3 rings (SSSR count). The van der Waals surface area contributed by atoms with Gasteiger partial charge in [0, 0.05) is 15.9 Å². The minimum absolute atomic E-state index is 0.114. The summed E-state index contributed by atoms with van der Waals surface area (Å²) in [5, 5.41) is 13.3. The van der Waals surface area contributed by atoms with Crippen LogP contribution in [0.4, 0.5) is 5.82 Å². The van der Waals surface area contributed by atoms with Gasteiger partial charge in [-0.25, -0.2) is 15.0 Å². The van der Waals surface area contributed by atoms with E-state index in [9.17, 15) is 5.11 Å². The Kier molecular flexibility index (Phi) is 6.06. The molecule has 1 saturated heterocycles. The minimum atomic E-state index is -0.730. The van der Waals surface area contributed by atoms with Crippen LogP contribution in [0.15, 0.2) is 17.8 Å². The smallest absolute Gasteiger partial charge is 0.167 e. The van der Waals surface area contributed by atoms with Gasteiger partial charge >= 0.3 is 0 Å². The molecule has 13 heteroatoms. The number of aliphatic hydroxyl groups is 1. The van der Waals surface area contributed by atoms with Crippen LogP contribution in [0.2, 0.25) is 0 Å². The lowest BCUT2D eigenvalue weighted by atomic mass is 10.1. The average Bonchev–Trinajstić information content (AvgIpc) is 3.22. The van der Waals surface area contributed by atoms with E-state index >= 15 is 0 Å². The number of hydrogen-bond donors (Lipinski definition) is 4. The van der Waals surface area contributed by atoms with Crippen LogP contribution in [0, 0.1) is 0 Å². The number of nitrogens with zero attached hydrogens (tertiary/aromatic N) is 7. The number of hydrogen-bond acceptors (Lipinski definition) is 10. The number of anilines is 1.